The number of nitrogen functional groups attached to an aromatic ring is 1. The summed E-state index contributed by atoms with van der Waals surface area (Å²) in [6.07, 6.45) is 0.504. The molecule has 0 aromatic carbocycles. The fraction of sp³-hybridized carbons (Fsp3) is 0.588. The Kier molecular flexibility index (Phi) is 5.24. The summed E-state index contributed by atoms with van der Waals surface area (Å²) in [5, 5.41) is 9.66. The highest BCUT2D eigenvalue weighted by molar-refractivity contribution is 6.30. The molecule has 1 aliphatic rings. The molecule has 1 aromatic heterocycles. The quantitative estimate of drug-likeness (QED) is 0.553. The van der Waals surface area contributed by atoms with Crippen molar-refractivity contribution in [2.45, 2.75) is 46.6 Å². The van der Waals surface area contributed by atoms with E-state index in [9.17, 15) is 9.90 Å². The molecule has 2 atom stereocenters. The van der Waals surface area contributed by atoms with E-state index in [1.807, 2.05) is 20.8 Å². The summed E-state index contributed by atoms with van der Waals surface area (Å²) in [5.74, 6) is 7.05. The fourth-order valence-corrected chi connectivity index (χ4v) is 3.26. The van der Waals surface area contributed by atoms with Gasteiger partial charge in [-0.3, -0.25) is 0 Å². The minimum atomic E-state index is -0.874. The predicted molar refractivity (Wildman–Crippen MR) is 93.8 cm³/mol. The van der Waals surface area contributed by atoms with Crippen LogP contribution < -0.4 is 5.73 Å². The third kappa shape index (κ3) is 4.09. The third-order valence-electron chi connectivity index (χ3n) is 4.25. The van der Waals surface area contributed by atoms with E-state index in [1.54, 1.807) is 6.92 Å². The van der Waals surface area contributed by atoms with Crippen molar-refractivity contribution in [3.05, 3.63) is 16.5 Å². The second-order valence-corrected chi connectivity index (χ2v) is 7.53. The molecule has 0 saturated carbocycles. The molecule has 7 heteroatoms. The van der Waals surface area contributed by atoms with E-state index in [1.165, 1.54) is 4.90 Å². The summed E-state index contributed by atoms with van der Waals surface area (Å²) < 4.78 is 0. The molecule has 0 aliphatic carbocycles. The van der Waals surface area contributed by atoms with Gasteiger partial charge in [-0.2, -0.15) is 0 Å². The number of carbonyl (C=O) groups is 1. The summed E-state index contributed by atoms with van der Waals surface area (Å²) in [4.78, 5) is 21.1. The van der Waals surface area contributed by atoms with Crippen LogP contribution >= 0.6 is 11.6 Å². The lowest BCUT2D eigenvalue weighted by atomic mass is 9.77. The molecule has 1 aliphatic heterocycles. The number of hydrogen-bond donors (Lipinski definition) is 2. The van der Waals surface area contributed by atoms with Gasteiger partial charge in [-0.05, 0) is 25.2 Å². The molecule has 3 N–H and O–H groups in total. The highest BCUT2D eigenvalue weighted by atomic mass is 35.5. The zero-order chi connectivity index (χ0) is 18.1. The highest BCUT2D eigenvalue weighted by Crippen LogP contribution is 2.34. The Hall–Kier alpha value is -2.00. The maximum Gasteiger partial charge on any atom is 0.407 e. The Bertz CT molecular complexity index is 680. The molecule has 2 rings (SSSR count). The van der Waals surface area contributed by atoms with Gasteiger partial charge in [-0.15, -0.1) is 0 Å². The second kappa shape index (κ2) is 6.86. The van der Waals surface area contributed by atoms with Gasteiger partial charge < -0.3 is 15.7 Å². The van der Waals surface area contributed by atoms with Crippen molar-refractivity contribution in [2.24, 2.45) is 11.3 Å². The molecular weight excluding hydrogens is 328 g/mol. The van der Waals surface area contributed by atoms with E-state index < -0.39 is 6.09 Å². The van der Waals surface area contributed by atoms with Crippen LogP contribution in [0.1, 0.15) is 45.0 Å². The number of likely N-dealkylation sites (tertiary alicyclic amines) is 1. The number of rotatable bonds is 0. The lowest BCUT2D eigenvalue weighted by Gasteiger charge is -2.43. The fourth-order valence-electron chi connectivity index (χ4n) is 3.00. The van der Waals surface area contributed by atoms with Crippen LogP contribution in [0.2, 0.25) is 5.15 Å². The van der Waals surface area contributed by atoms with Crippen LogP contribution in [0.5, 0.6) is 0 Å². The monoisotopic (exact) mass is 350 g/mol. The molecule has 2 heterocycles. The Morgan fingerprint density at radius 3 is 2.62 bits per heavy atom. The van der Waals surface area contributed by atoms with Crippen molar-refractivity contribution in [3.8, 4) is 11.8 Å². The lowest BCUT2D eigenvalue weighted by molar-refractivity contribution is 0.0496. The average Bonchev–Trinajstić information content (AvgIpc) is 2.44. The third-order valence-corrected chi connectivity index (χ3v) is 4.53. The zero-order valence-corrected chi connectivity index (χ0v) is 15.2. The first-order valence-corrected chi connectivity index (χ1v) is 8.28. The first-order valence-electron chi connectivity index (χ1n) is 7.90. The van der Waals surface area contributed by atoms with Crippen LogP contribution in [-0.2, 0) is 0 Å². The van der Waals surface area contributed by atoms with Crippen LogP contribution in [0.25, 0.3) is 0 Å². The highest BCUT2D eigenvalue weighted by Gasteiger charge is 2.38. The molecule has 24 heavy (non-hydrogen) atoms. The van der Waals surface area contributed by atoms with Crippen LogP contribution in [0, 0.1) is 30.1 Å². The minimum Gasteiger partial charge on any atom is -0.465 e. The van der Waals surface area contributed by atoms with Crippen LogP contribution in [-0.4, -0.2) is 38.7 Å². The van der Waals surface area contributed by atoms with Crippen LogP contribution in [0.4, 0.5) is 10.6 Å². The number of carboxylic acid groups (broad SMARTS) is 1. The standard InChI is InChI=1S/C17H23ClN4O2/c1-10-20-14(18)12(15(19)21-10)6-5-11-7-8-22(16(23)24)13(9-11)17(2,3)4/h11,13H,7-9H2,1-4H3,(H,23,24)(H2,19,20,21). The number of aromatic nitrogens is 2. The number of piperidine rings is 1. The first kappa shape index (κ1) is 18.3. The molecule has 1 aromatic rings. The van der Waals surface area contributed by atoms with Gasteiger partial charge in [0, 0.05) is 18.5 Å². The topological polar surface area (TPSA) is 92.3 Å². The van der Waals surface area contributed by atoms with Gasteiger partial charge in [-0.1, -0.05) is 44.2 Å². The first-order chi connectivity index (χ1) is 11.1. The van der Waals surface area contributed by atoms with Gasteiger partial charge >= 0.3 is 6.09 Å². The van der Waals surface area contributed by atoms with Gasteiger partial charge in [0.2, 0.25) is 0 Å². The Morgan fingerprint density at radius 1 is 1.42 bits per heavy atom. The van der Waals surface area contributed by atoms with Gasteiger partial charge in [-0.25, -0.2) is 14.8 Å². The SMILES string of the molecule is Cc1nc(N)c(C#CC2CCN(C(=O)O)C(C(C)(C)C)C2)c(Cl)n1. The zero-order valence-electron chi connectivity index (χ0n) is 14.4. The maximum absolute atomic E-state index is 11.5. The number of amides is 1. The van der Waals surface area contributed by atoms with E-state index >= 15 is 0 Å². The van der Waals surface area contributed by atoms with Crippen molar-refractivity contribution in [1.29, 1.82) is 0 Å². The number of hydrogen-bond acceptors (Lipinski definition) is 4. The maximum atomic E-state index is 11.5. The summed E-state index contributed by atoms with van der Waals surface area (Å²) in [6, 6.07) is -0.0786. The largest absolute Gasteiger partial charge is 0.465 e. The molecule has 0 radical (unpaired) electrons. The smallest absolute Gasteiger partial charge is 0.407 e. The molecular formula is C17H23ClN4O2. The summed E-state index contributed by atoms with van der Waals surface area (Å²) >= 11 is 6.10. The molecule has 130 valence electrons. The molecule has 0 bridgehead atoms. The molecule has 6 nitrogen and oxygen atoms in total. The number of anilines is 1. The number of nitrogens with two attached hydrogens (primary N) is 1. The van der Waals surface area contributed by atoms with Gasteiger partial charge in [0.25, 0.3) is 0 Å². The molecule has 0 spiro atoms. The molecule has 1 fully saturated rings. The normalized spacial score (nSPS) is 21.1. The van der Waals surface area contributed by atoms with E-state index in [4.69, 9.17) is 17.3 Å². The summed E-state index contributed by atoms with van der Waals surface area (Å²) in [6.45, 7) is 8.34. The minimum absolute atomic E-state index is 0.0786. The van der Waals surface area contributed by atoms with Crippen molar-refractivity contribution in [3.63, 3.8) is 0 Å². The van der Waals surface area contributed by atoms with Gasteiger partial charge in [0.15, 0.2) is 5.15 Å². The molecule has 1 amide bonds. The molecule has 1 saturated heterocycles. The van der Waals surface area contributed by atoms with E-state index in [-0.39, 0.29) is 28.3 Å². The van der Waals surface area contributed by atoms with Gasteiger partial charge in [0.05, 0.1) is 0 Å². The van der Waals surface area contributed by atoms with E-state index in [2.05, 4.69) is 21.8 Å². The van der Waals surface area contributed by atoms with Crippen molar-refractivity contribution in [1.82, 2.24) is 14.9 Å². The van der Waals surface area contributed by atoms with Gasteiger partial charge in [0.1, 0.15) is 17.2 Å². The van der Waals surface area contributed by atoms with Crippen LogP contribution in [0.15, 0.2) is 0 Å². The van der Waals surface area contributed by atoms with E-state index in [0.29, 0.717) is 30.8 Å². The van der Waals surface area contributed by atoms with Crippen LogP contribution in [0.3, 0.4) is 0 Å². The summed E-state index contributed by atoms with van der Waals surface area (Å²) in [7, 11) is 0. The second-order valence-electron chi connectivity index (χ2n) is 7.17. The number of halogens is 1. The Balaban J connectivity index is 2.23. The Labute approximate surface area is 147 Å². The lowest BCUT2D eigenvalue weighted by Crippen LogP contribution is -2.51. The van der Waals surface area contributed by atoms with Crippen molar-refractivity contribution in [2.75, 3.05) is 12.3 Å². The number of nitrogens with zero attached hydrogens (tertiary/aromatic N) is 3. The van der Waals surface area contributed by atoms with E-state index in [0.717, 1.165) is 0 Å². The number of aryl methyl sites for hydroxylation is 1. The summed E-state index contributed by atoms with van der Waals surface area (Å²) in [5.41, 5.74) is 6.16. The molecule has 2 unspecified atom stereocenters. The van der Waals surface area contributed by atoms with Crippen molar-refractivity contribution < 1.29 is 9.90 Å². The predicted octanol–water partition coefficient (Wildman–Crippen LogP) is 3.18. The van der Waals surface area contributed by atoms with Crippen molar-refractivity contribution >= 4 is 23.5 Å². The average molecular weight is 351 g/mol. The Morgan fingerprint density at radius 2 is 2.08 bits per heavy atom.